The maximum absolute atomic E-state index is 11.8. The number of hydrogen-bond acceptors (Lipinski definition) is 4. The van der Waals surface area contributed by atoms with E-state index in [2.05, 4.69) is 16.2 Å². The molecule has 0 fully saturated rings. The van der Waals surface area contributed by atoms with Crippen LogP contribution in [0.4, 0.5) is 0 Å². The van der Waals surface area contributed by atoms with E-state index >= 15 is 0 Å². The molecule has 0 aliphatic heterocycles. The van der Waals surface area contributed by atoms with Gasteiger partial charge in [0.1, 0.15) is 11.8 Å². The summed E-state index contributed by atoms with van der Waals surface area (Å²) in [5.41, 5.74) is 5.96. The van der Waals surface area contributed by atoms with Gasteiger partial charge in [0, 0.05) is 20.4 Å². The van der Waals surface area contributed by atoms with E-state index in [1.54, 1.807) is 14.2 Å². The second kappa shape index (κ2) is 7.38. The largest absolute Gasteiger partial charge is 0.497 e. The zero-order valence-corrected chi connectivity index (χ0v) is 11.3. The molecule has 3 N–H and O–H groups in total. The Bertz CT molecular complexity index is 431. The fraction of sp³-hybridized carbons (Fsp3) is 0.385. The highest BCUT2D eigenvalue weighted by Gasteiger charge is 2.19. The summed E-state index contributed by atoms with van der Waals surface area (Å²) >= 11 is 0. The van der Waals surface area contributed by atoms with Gasteiger partial charge in [0.15, 0.2) is 0 Å². The van der Waals surface area contributed by atoms with Crippen LogP contribution < -0.4 is 20.9 Å². The number of carbonyl (C=O) groups excluding carboxylic acids is 2. The molecule has 6 nitrogen and oxygen atoms in total. The van der Waals surface area contributed by atoms with Gasteiger partial charge in [-0.3, -0.25) is 15.0 Å². The lowest BCUT2D eigenvalue weighted by Gasteiger charge is -2.17. The predicted octanol–water partition coefficient (Wildman–Crippen LogP) is -0.00700. The van der Waals surface area contributed by atoms with Crippen LogP contribution in [0.15, 0.2) is 24.3 Å². The normalized spacial score (nSPS) is 11.5. The highest BCUT2D eigenvalue weighted by atomic mass is 16.5. The Hall–Kier alpha value is -2.08. The van der Waals surface area contributed by atoms with Crippen molar-refractivity contribution in [1.82, 2.24) is 16.2 Å². The van der Waals surface area contributed by atoms with Crippen LogP contribution in [-0.4, -0.2) is 32.0 Å². The second-order valence-corrected chi connectivity index (χ2v) is 4.04. The molecule has 0 saturated carbocycles. The van der Waals surface area contributed by atoms with Crippen LogP contribution in [0.3, 0.4) is 0 Å². The number of hydrazine groups is 1. The molecule has 104 valence electrons. The van der Waals surface area contributed by atoms with Gasteiger partial charge < -0.3 is 10.1 Å². The third kappa shape index (κ3) is 4.97. The third-order valence-corrected chi connectivity index (χ3v) is 2.54. The van der Waals surface area contributed by atoms with E-state index in [1.807, 2.05) is 24.3 Å². The number of nitrogens with one attached hydrogen (secondary N) is 3. The molecule has 0 aromatic heterocycles. The fourth-order valence-corrected chi connectivity index (χ4v) is 1.66. The van der Waals surface area contributed by atoms with E-state index in [0.29, 0.717) is 6.42 Å². The molecule has 0 saturated heterocycles. The van der Waals surface area contributed by atoms with Gasteiger partial charge in [-0.1, -0.05) is 12.1 Å². The summed E-state index contributed by atoms with van der Waals surface area (Å²) in [5.74, 6) is 0.220. The van der Waals surface area contributed by atoms with Gasteiger partial charge >= 0.3 is 0 Å². The number of methoxy groups -OCH3 is 1. The van der Waals surface area contributed by atoms with Gasteiger partial charge in [-0.25, -0.2) is 5.43 Å². The van der Waals surface area contributed by atoms with E-state index in [1.165, 1.54) is 6.92 Å². The first kappa shape index (κ1) is 15.0. The number of ether oxygens (including phenoxy) is 1. The fourth-order valence-electron chi connectivity index (χ4n) is 1.66. The first-order valence-corrected chi connectivity index (χ1v) is 5.93. The number of rotatable bonds is 6. The van der Waals surface area contributed by atoms with Crippen molar-refractivity contribution in [2.45, 2.75) is 19.4 Å². The SMILES string of the molecule is CNNC(=O)[C@@H](Cc1ccc(OC)cc1)NC(C)=O. The molecule has 0 aliphatic rings. The maximum Gasteiger partial charge on any atom is 0.256 e. The molecule has 0 spiro atoms. The number of carbonyl (C=O) groups is 2. The van der Waals surface area contributed by atoms with E-state index in [-0.39, 0.29) is 11.8 Å². The Morgan fingerprint density at radius 1 is 1.26 bits per heavy atom. The molecular weight excluding hydrogens is 246 g/mol. The smallest absolute Gasteiger partial charge is 0.256 e. The van der Waals surface area contributed by atoms with E-state index in [0.717, 1.165) is 11.3 Å². The van der Waals surface area contributed by atoms with Crippen LogP contribution in [0.2, 0.25) is 0 Å². The molecule has 1 atom stereocenters. The van der Waals surface area contributed by atoms with Gasteiger partial charge in [0.25, 0.3) is 5.91 Å². The van der Waals surface area contributed by atoms with Crippen molar-refractivity contribution in [2.24, 2.45) is 0 Å². The minimum atomic E-state index is -0.613. The second-order valence-electron chi connectivity index (χ2n) is 4.04. The lowest BCUT2D eigenvalue weighted by Crippen LogP contribution is -2.50. The molecule has 0 heterocycles. The highest BCUT2D eigenvalue weighted by molar-refractivity contribution is 5.86. The Morgan fingerprint density at radius 3 is 2.37 bits per heavy atom. The quantitative estimate of drug-likeness (QED) is 0.632. The van der Waals surface area contributed by atoms with Crippen molar-refractivity contribution in [3.8, 4) is 5.75 Å². The summed E-state index contributed by atoms with van der Waals surface area (Å²) in [5, 5.41) is 2.62. The Labute approximate surface area is 112 Å². The summed E-state index contributed by atoms with van der Waals surface area (Å²) in [6.07, 6.45) is 0.414. The molecule has 2 amide bonds. The lowest BCUT2D eigenvalue weighted by molar-refractivity contribution is -0.128. The first-order chi connectivity index (χ1) is 9.06. The highest BCUT2D eigenvalue weighted by Crippen LogP contribution is 2.12. The number of hydrogen-bond donors (Lipinski definition) is 3. The van der Waals surface area contributed by atoms with Gasteiger partial charge in [-0.2, -0.15) is 0 Å². The molecule has 19 heavy (non-hydrogen) atoms. The van der Waals surface area contributed by atoms with Crippen molar-refractivity contribution >= 4 is 11.8 Å². The van der Waals surface area contributed by atoms with Crippen LogP contribution in [0.1, 0.15) is 12.5 Å². The van der Waals surface area contributed by atoms with Gasteiger partial charge in [-0.15, -0.1) is 0 Å². The Balaban J connectivity index is 2.74. The van der Waals surface area contributed by atoms with Crippen LogP contribution in [0, 0.1) is 0 Å². The van der Waals surface area contributed by atoms with Crippen molar-refractivity contribution < 1.29 is 14.3 Å². The summed E-state index contributed by atoms with van der Waals surface area (Å²) in [4.78, 5) is 22.9. The number of benzene rings is 1. The van der Waals surface area contributed by atoms with E-state index in [9.17, 15) is 9.59 Å². The minimum absolute atomic E-state index is 0.246. The molecule has 6 heteroatoms. The van der Waals surface area contributed by atoms with Crippen LogP contribution in [0.5, 0.6) is 5.75 Å². The van der Waals surface area contributed by atoms with Crippen LogP contribution in [-0.2, 0) is 16.0 Å². The molecule has 1 aromatic rings. The Morgan fingerprint density at radius 2 is 1.89 bits per heavy atom. The van der Waals surface area contributed by atoms with E-state index < -0.39 is 6.04 Å². The molecule has 0 radical (unpaired) electrons. The van der Waals surface area contributed by atoms with Gasteiger partial charge in [-0.05, 0) is 17.7 Å². The summed E-state index contributed by atoms with van der Waals surface area (Å²) in [6, 6.07) is 6.74. The monoisotopic (exact) mass is 265 g/mol. The van der Waals surface area contributed by atoms with E-state index in [4.69, 9.17) is 4.74 Å². The van der Waals surface area contributed by atoms with Crippen LogP contribution in [0.25, 0.3) is 0 Å². The minimum Gasteiger partial charge on any atom is -0.497 e. The maximum atomic E-state index is 11.8. The molecule has 1 aromatic carbocycles. The standard InChI is InChI=1S/C13H19N3O3/c1-9(17)15-12(13(18)16-14-2)8-10-4-6-11(19-3)7-5-10/h4-7,12,14H,8H2,1-3H3,(H,15,17)(H,16,18)/t12-/m1/s1. The molecular formula is C13H19N3O3. The van der Waals surface area contributed by atoms with Crippen LogP contribution >= 0.6 is 0 Å². The van der Waals surface area contributed by atoms with Gasteiger partial charge in [0.05, 0.1) is 7.11 Å². The summed E-state index contributed by atoms with van der Waals surface area (Å²) in [6.45, 7) is 1.38. The number of amides is 2. The first-order valence-electron chi connectivity index (χ1n) is 5.93. The van der Waals surface area contributed by atoms with Crippen molar-refractivity contribution in [1.29, 1.82) is 0 Å². The van der Waals surface area contributed by atoms with Crippen molar-refractivity contribution in [3.05, 3.63) is 29.8 Å². The summed E-state index contributed by atoms with van der Waals surface area (Å²) in [7, 11) is 3.19. The predicted molar refractivity (Wildman–Crippen MR) is 71.5 cm³/mol. The third-order valence-electron chi connectivity index (χ3n) is 2.54. The average molecular weight is 265 g/mol. The van der Waals surface area contributed by atoms with Gasteiger partial charge in [0.2, 0.25) is 5.91 Å². The summed E-state index contributed by atoms with van der Waals surface area (Å²) < 4.78 is 5.07. The Kier molecular flexibility index (Phi) is 5.81. The zero-order valence-electron chi connectivity index (χ0n) is 11.3. The lowest BCUT2D eigenvalue weighted by atomic mass is 10.1. The van der Waals surface area contributed by atoms with Crippen molar-refractivity contribution in [3.63, 3.8) is 0 Å². The molecule has 0 aliphatic carbocycles. The molecule has 0 unspecified atom stereocenters. The average Bonchev–Trinajstić information content (AvgIpc) is 2.38. The zero-order chi connectivity index (χ0) is 14.3. The topological polar surface area (TPSA) is 79.5 Å². The van der Waals surface area contributed by atoms with Crippen molar-refractivity contribution in [2.75, 3.05) is 14.2 Å². The molecule has 0 bridgehead atoms. The molecule has 1 rings (SSSR count).